The van der Waals surface area contributed by atoms with E-state index in [-0.39, 0.29) is 5.91 Å². The SMILES string of the molecule is Cc1ncc(CN(C)C(=O)Cc2ccccc2CN)s1. The van der Waals surface area contributed by atoms with Gasteiger partial charge in [-0.05, 0) is 18.1 Å². The van der Waals surface area contributed by atoms with Gasteiger partial charge in [0.25, 0.3) is 0 Å². The Bertz CT molecular complexity index is 594. The summed E-state index contributed by atoms with van der Waals surface area (Å²) in [5, 5.41) is 1.02. The minimum atomic E-state index is 0.0944. The first-order valence-corrected chi connectivity index (χ1v) is 7.34. The zero-order chi connectivity index (χ0) is 14.5. The van der Waals surface area contributed by atoms with E-state index >= 15 is 0 Å². The van der Waals surface area contributed by atoms with E-state index in [9.17, 15) is 4.79 Å². The van der Waals surface area contributed by atoms with E-state index in [4.69, 9.17) is 5.73 Å². The molecule has 2 aromatic rings. The lowest BCUT2D eigenvalue weighted by Gasteiger charge is -2.17. The van der Waals surface area contributed by atoms with Gasteiger partial charge in [0, 0.05) is 24.7 Å². The van der Waals surface area contributed by atoms with Gasteiger partial charge in [-0.15, -0.1) is 11.3 Å². The second-order valence-corrected chi connectivity index (χ2v) is 6.06. The maximum absolute atomic E-state index is 12.3. The molecule has 0 fully saturated rings. The van der Waals surface area contributed by atoms with Gasteiger partial charge in [0.2, 0.25) is 5.91 Å². The predicted molar refractivity (Wildman–Crippen MR) is 81.4 cm³/mol. The molecule has 5 heteroatoms. The molecule has 0 spiro atoms. The average Bonchev–Trinajstić information content (AvgIpc) is 2.84. The lowest BCUT2D eigenvalue weighted by atomic mass is 10.0. The monoisotopic (exact) mass is 289 g/mol. The number of aromatic nitrogens is 1. The zero-order valence-electron chi connectivity index (χ0n) is 11.8. The maximum atomic E-state index is 12.3. The number of hydrogen-bond donors (Lipinski definition) is 1. The Kier molecular flexibility index (Phi) is 4.87. The largest absolute Gasteiger partial charge is 0.340 e. The van der Waals surface area contributed by atoms with Gasteiger partial charge in [0.05, 0.1) is 18.0 Å². The third kappa shape index (κ3) is 3.65. The Labute approximate surface area is 123 Å². The summed E-state index contributed by atoms with van der Waals surface area (Å²) in [6.07, 6.45) is 2.22. The van der Waals surface area contributed by atoms with E-state index in [0.717, 1.165) is 21.0 Å². The molecule has 0 aliphatic heterocycles. The summed E-state index contributed by atoms with van der Waals surface area (Å²) in [6.45, 7) is 3.03. The van der Waals surface area contributed by atoms with Crippen LogP contribution >= 0.6 is 11.3 Å². The average molecular weight is 289 g/mol. The number of nitrogens with two attached hydrogens (primary N) is 1. The number of aryl methyl sites for hydroxylation is 1. The van der Waals surface area contributed by atoms with E-state index in [0.29, 0.717) is 19.5 Å². The van der Waals surface area contributed by atoms with Gasteiger partial charge >= 0.3 is 0 Å². The van der Waals surface area contributed by atoms with Gasteiger partial charge in [-0.3, -0.25) is 4.79 Å². The fourth-order valence-corrected chi connectivity index (χ4v) is 2.88. The molecule has 1 amide bonds. The molecule has 20 heavy (non-hydrogen) atoms. The van der Waals surface area contributed by atoms with Crippen molar-refractivity contribution < 1.29 is 4.79 Å². The summed E-state index contributed by atoms with van der Waals surface area (Å²) < 4.78 is 0. The zero-order valence-corrected chi connectivity index (χ0v) is 12.6. The van der Waals surface area contributed by atoms with Crippen molar-refractivity contribution in [1.82, 2.24) is 9.88 Å². The fraction of sp³-hybridized carbons (Fsp3) is 0.333. The van der Waals surface area contributed by atoms with Crippen molar-refractivity contribution in [3.8, 4) is 0 Å². The maximum Gasteiger partial charge on any atom is 0.227 e. The van der Waals surface area contributed by atoms with Crippen LogP contribution < -0.4 is 5.73 Å². The van der Waals surface area contributed by atoms with Crippen LogP contribution in [-0.4, -0.2) is 22.8 Å². The van der Waals surface area contributed by atoms with Crippen molar-refractivity contribution >= 4 is 17.2 Å². The molecule has 0 radical (unpaired) electrons. The van der Waals surface area contributed by atoms with Gasteiger partial charge in [-0.25, -0.2) is 4.98 Å². The number of carbonyl (C=O) groups excluding carboxylic acids is 1. The van der Waals surface area contributed by atoms with Crippen molar-refractivity contribution in [1.29, 1.82) is 0 Å². The highest BCUT2D eigenvalue weighted by Crippen LogP contribution is 2.15. The molecule has 1 heterocycles. The van der Waals surface area contributed by atoms with E-state index < -0.39 is 0 Å². The third-order valence-corrected chi connectivity index (χ3v) is 4.07. The van der Waals surface area contributed by atoms with Crippen LogP contribution in [0.2, 0.25) is 0 Å². The fourth-order valence-electron chi connectivity index (χ4n) is 2.03. The Hall–Kier alpha value is -1.72. The molecule has 2 N–H and O–H groups in total. The number of carbonyl (C=O) groups is 1. The summed E-state index contributed by atoms with van der Waals surface area (Å²) in [7, 11) is 1.82. The van der Waals surface area contributed by atoms with Gasteiger partial charge < -0.3 is 10.6 Å². The molecule has 0 aliphatic carbocycles. The lowest BCUT2D eigenvalue weighted by molar-refractivity contribution is -0.129. The van der Waals surface area contributed by atoms with Gasteiger partial charge in [0.1, 0.15) is 0 Å². The third-order valence-electron chi connectivity index (χ3n) is 3.17. The molecule has 0 aliphatic rings. The molecule has 4 nitrogen and oxygen atoms in total. The highest BCUT2D eigenvalue weighted by atomic mass is 32.1. The number of benzene rings is 1. The minimum absolute atomic E-state index is 0.0944. The Morgan fingerprint density at radius 3 is 2.65 bits per heavy atom. The molecule has 0 bridgehead atoms. The van der Waals surface area contributed by atoms with Crippen molar-refractivity contribution in [2.45, 2.75) is 26.4 Å². The van der Waals surface area contributed by atoms with Gasteiger partial charge in [-0.2, -0.15) is 0 Å². The first-order chi connectivity index (χ1) is 9.60. The van der Waals surface area contributed by atoms with E-state index in [1.165, 1.54) is 0 Å². The molecule has 106 valence electrons. The van der Waals surface area contributed by atoms with Gasteiger partial charge in [-0.1, -0.05) is 24.3 Å². The minimum Gasteiger partial charge on any atom is -0.340 e. The number of likely N-dealkylation sites (N-methyl/N-ethyl adjacent to an activating group) is 1. The predicted octanol–water partition coefficient (Wildman–Crippen LogP) is 2.11. The first kappa shape index (κ1) is 14.7. The lowest BCUT2D eigenvalue weighted by Crippen LogP contribution is -2.27. The highest BCUT2D eigenvalue weighted by molar-refractivity contribution is 7.11. The summed E-state index contributed by atoms with van der Waals surface area (Å²) >= 11 is 1.62. The second-order valence-electron chi connectivity index (χ2n) is 4.75. The number of thiazole rings is 1. The summed E-state index contributed by atoms with van der Waals surface area (Å²) in [6, 6.07) is 7.81. The molecule has 0 atom stereocenters. The summed E-state index contributed by atoms with van der Waals surface area (Å²) in [5.41, 5.74) is 7.73. The van der Waals surface area contributed by atoms with E-state index in [1.54, 1.807) is 16.2 Å². The second kappa shape index (κ2) is 6.63. The van der Waals surface area contributed by atoms with Crippen molar-refractivity contribution in [2.75, 3.05) is 7.05 Å². The van der Waals surface area contributed by atoms with Crippen LogP contribution in [0.3, 0.4) is 0 Å². The molecule has 0 saturated carbocycles. The number of hydrogen-bond acceptors (Lipinski definition) is 4. The first-order valence-electron chi connectivity index (χ1n) is 6.52. The molecule has 0 saturated heterocycles. The van der Waals surface area contributed by atoms with Gasteiger partial charge in [0.15, 0.2) is 0 Å². The normalized spacial score (nSPS) is 10.6. The van der Waals surface area contributed by atoms with Crippen LogP contribution in [0.5, 0.6) is 0 Å². The molecule has 1 aromatic carbocycles. The van der Waals surface area contributed by atoms with Crippen LogP contribution in [0.4, 0.5) is 0 Å². The summed E-state index contributed by atoms with van der Waals surface area (Å²) in [4.78, 5) is 19.3. The molecular formula is C15H19N3OS. The quantitative estimate of drug-likeness (QED) is 0.917. The number of nitrogens with zero attached hydrogens (tertiary/aromatic N) is 2. The molecule has 0 unspecified atom stereocenters. The van der Waals surface area contributed by atoms with Crippen molar-refractivity contribution in [3.05, 3.63) is 51.5 Å². The Morgan fingerprint density at radius 1 is 1.35 bits per heavy atom. The standard InChI is InChI=1S/C15H19N3OS/c1-11-17-9-14(20-11)10-18(2)15(19)7-12-5-3-4-6-13(12)8-16/h3-6,9H,7-8,10,16H2,1-2H3. The van der Waals surface area contributed by atoms with Crippen LogP contribution in [0.1, 0.15) is 21.0 Å². The van der Waals surface area contributed by atoms with Crippen LogP contribution in [0.15, 0.2) is 30.5 Å². The van der Waals surface area contributed by atoms with E-state index in [2.05, 4.69) is 4.98 Å². The van der Waals surface area contributed by atoms with Crippen molar-refractivity contribution in [3.63, 3.8) is 0 Å². The van der Waals surface area contributed by atoms with Crippen LogP contribution in [0, 0.1) is 6.92 Å². The number of amides is 1. The Balaban J connectivity index is 2.00. The summed E-state index contributed by atoms with van der Waals surface area (Å²) in [5.74, 6) is 0.0944. The molecular weight excluding hydrogens is 270 g/mol. The number of rotatable bonds is 5. The molecule has 2 rings (SSSR count). The van der Waals surface area contributed by atoms with Crippen LogP contribution in [-0.2, 0) is 24.3 Å². The van der Waals surface area contributed by atoms with Crippen LogP contribution in [0.25, 0.3) is 0 Å². The van der Waals surface area contributed by atoms with Crippen molar-refractivity contribution in [2.24, 2.45) is 5.73 Å². The Morgan fingerprint density at radius 2 is 2.05 bits per heavy atom. The van der Waals surface area contributed by atoms with E-state index in [1.807, 2.05) is 44.4 Å². The highest BCUT2D eigenvalue weighted by Gasteiger charge is 2.13. The topological polar surface area (TPSA) is 59.2 Å². The molecule has 1 aromatic heterocycles. The smallest absolute Gasteiger partial charge is 0.227 e.